The van der Waals surface area contributed by atoms with E-state index >= 15 is 0 Å². The van der Waals surface area contributed by atoms with Crippen LogP contribution in [0.5, 0.6) is 5.75 Å². The molecule has 0 spiro atoms. The van der Waals surface area contributed by atoms with E-state index in [4.69, 9.17) is 18.9 Å². The molecule has 1 aliphatic heterocycles. The number of rotatable bonds is 14. The molecule has 8 nitrogen and oxygen atoms in total. The Morgan fingerprint density at radius 2 is 1.57 bits per heavy atom. The number of nitrogens with one attached hydrogen (secondary N) is 1. The standard InChI is InChI=1S/C37H54N2O6.C2H6/c1-12-33(6,7)43-30(40)18-19-39(22-28-20-26(4)31(27(5)21-28)44-34(8,9)32(41)42-13-2)24-37-23-35(37,10)45-36(11,38-37)29-16-14-25(3)15-17-29;1-2/h14-17,20-21,38H,12-13,18-19,22-24H2,1-11H3;1-2H3. The Hall–Kier alpha value is -2.94. The van der Waals surface area contributed by atoms with E-state index in [1.54, 1.807) is 20.8 Å². The number of hydrogen-bond donors (Lipinski definition) is 1. The molecule has 2 aromatic carbocycles. The van der Waals surface area contributed by atoms with Crippen molar-refractivity contribution in [3.8, 4) is 5.75 Å². The molecule has 1 heterocycles. The van der Waals surface area contributed by atoms with Crippen LogP contribution < -0.4 is 10.1 Å². The van der Waals surface area contributed by atoms with Gasteiger partial charge in [0.05, 0.1) is 24.2 Å². The van der Waals surface area contributed by atoms with Gasteiger partial charge in [-0.2, -0.15) is 0 Å². The van der Waals surface area contributed by atoms with Gasteiger partial charge >= 0.3 is 11.9 Å². The van der Waals surface area contributed by atoms with Crippen LogP contribution in [-0.4, -0.2) is 58.9 Å². The summed E-state index contributed by atoms with van der Waals surface area (Å²) < 4.78 is 24.0. The van der Waals surface area contributed by atoms with Crippen molar-refractivity contribution in [2.45, 2.75) is 144 Å². The fourth-order valence-corrected chi connectivity index (χ4v) is 6.47. The summed E-state index contributed by atoms with van der Waals surface area (Å²) in [6, 6.07) is 12.7. The Bertz CT molecular complexity index is 1380. The largest absolute Gasteiger partial charge is 0.476 e. The summed E-state index contributed by atoms with van der Waals surface area (Å²) in [6.07, 6.45) is 1.93. The molecule has 2 aromatic rings. The lowest BCUT2D eigenvalue weighted by Crippen LogP contribution is -2.49. The first-order valence-corrected chi connectivity index (χ1v) is 17.3. The van der Waals surface area contributed by atoms with Gasteiger partial charge in [0.25, 0.3) is 0 Å². The molecule has 1 saturated heterocycles. The van der Waals surface area contributed by atoms with E-state index in [1.165, 1.54) is 5.56 Å². The summed E-state index contributed by atoms with van der Waals surface area (Å²) in [6.45, 7) is 27.7. The summed E-state index contributed by atoms with van der Waals surface area (Å²) in [5, 5.41) is 3.88. The maximum Gasteiger partial charge on any atom is 0.349 e. The SMILES string of the molecule is CC.CCOC(=O)C(C)(C)Oc1c(C)cc(CN(CCC(=O)OC(C)(C)CC)CC23CC2(C)OC(C)(c2ccc(C)cc2)N3)cc1C. The molecule has 3 atom stereocenters. The Balaban J connectivity index is 0.00000294. The molecule has 1 aliphatic carbocycles. The van der Waals surface area contributed by atoms with Gasteiger partial charge in [-0.3, -0.25) is 15.0 Å². The van der Waals surface area contributed by atoms with Gasteiger partial charge in [0.15, 0.2) is 5.60 Å². The molecule has 262 valence electrons. The van der Waals surface area contributed by atoms with Crippen LogP contribution in [0, 0.1) is 20.8 Å². The van der Waals surface area contributed by atoms with Crippen molar-refractivity contribution < 1.29 is 28.5 Å². The lowest BCUT2D eigenvalue weighted by Gasteiger charge is -2.32. The van der Waals surface area contributed by atoms with Gasteiger partial charge in [-0.25, -0.2) is 4.79 Å². The van der Waals surface area contributed by atoms with Crippen molar-refractivity contribution in [3.63, 3.8) is 0 Å². The molecule has 4 rings (SSSR count). The van der Waals surface area contributed by atoms with Gasteiger partial charge in [-0.15, -0.1) is 0 Å². The molecule has 1 N–H and O–H groups in total. The highest BCUT2D eigenvalue weighted by Crippen LogP contribution is 2.60. The van der Waals surface area contributed by atoms with Crippen molar-refractivity contribution >= 4 is 11.9 Å². The second-order valence-electron chi connectivity index (χ2n) is 14.6. The van der Waals surface area contributed by atoms with Crippen molar-refractivity contribution in [2.75, 3.05) is 19.7 Å². The second kappa shape index (κ2) is 14.7. The van der Waals surface area contributed by atoms with E-state index < -0.39 is 22.9 Å². The summed E-state index contributed by atoms with van der Waals surface area (Å²) >= 11 is 0. The molecule has 0 bridgehead atoms. The second-order valence-corrected chi connectivity index (χ2v) is 14.6. The lowest BCUT2D eigenvalue weighted by atomic mass is 10.0. The molecule has 0 aromatic heterocycles. The number of ether oxygens (including phenoxy) is 4. The van der Waals surface area contributed by atoms with Crippen LogP contribution in [-0.2, 0) is 36.1 Å². The van der Waals surface area contributed by atoms with E-state index in [9.17, 15) is 9.59 Å². The number of carbonyl (C=O) groups excluding carboxylic acids is 2. The third-order valence-electron chi connectivity index (χ3n) is 9.45. The van der Waals surface area contributed by atoms with Gasteiger partial charge < -0.3 is 18.9 Å². The first-order valence-electron chi connectivity index (χ1n) is 17.3. The molecule has 0 radical (unpaired) electrons. The van der Waals surface area contributed by atoms with Gasteiger partial charge in [0.2, 0.25) is 0 Å². The summed E-state index contributed by atoms with van der Waals surface area (Å²) in [4.78, 5) is 27.8. The van der Waals surface area contributed by atoms with Crippen LogP contribution in [0.15, 0.2) is 36.4 Å². The topological polar surface area (TPSA) is 86.3 Å². The van der Waals surface area contributed by atoms with Crippen LogP contribution in [0.4, 0.5) is 0 Å². The fraction of sp³-hybridized carbons (Fsp3) is 0.641. The Labute approximate surface area is 283 Å². The number of nitrogens with zero attached hydrogens (tertiary/aromatic N) is 1. The highest BCUT2D eigenvalue weighted by atomic mass is 16.6. The molecule has 8 heteroatoms. The molecular formula is C39H60N2O6. The number of aryl methyl sites for hydroxylation is 3. The van der Waals surface area contributed by atoms with Crippen LogP contribution in [0.25, 0.3) is 0 Å². The minimum atomic E-state index is -1.11. The number of hydrogen-bond acceptors (Lipinski definition) is 8. The first kappa shape index (κ1) is 38.5. The van der Waals surface area contributed by atoms with Gasteiger partial charge in [-0.05, 0) is 97.9 Å². The lowest BCUT2D eigenvalue weighted by molar-refractivity contribution is -0.159. The maximum absolute atomic E-state index is 12.9. The number of esters is 2. The normalized spacial score (nSPS) is 23.4. The maximum atomic E-state index is 12.9. The van der Waals surface area contributed by atoms with Crippen LogP contribution in [0.2, 0.25) is 0 Å². The predicted octanol–water partition coefficient (Wildman–Crippen LogP) is 7.68. The molecule has 2 fully saturated rings. The zero-order chi connectivity index (χ0) is 35.4. The zero-order valence-electron chi connectivity index (χ0n) is 31.3. The Kier molecular flexibility index (Phi) is 12.0. The van der Waals surface area contributed by atoms with Crippen molar-refractivity contribution in [3.05, 3.63) is 64.2 Å². The average Bonchev–Trinajstić information content (AvgIpc) is 3.45. The summed E-state index contributed by atoms with van der Waals surface area (Å²) in [7, 11) is 0. The van der Waals surface area contributed by atoms with Crippen molar-refractivity contribution in [1.82, 2.24) is 10.2 Å². The number of carbonyl (C=O) groups is 2. The molecule has 47 heavy (non-hydrogen) atoms. The molecule has 0 amide bonds. The summed E-state index contributed by atoms with van der Waals surface area (Å²) in [5.74, 6) is 0.0926. The van der Waals surface area contributed by atoms with Crippen LogP contribution in [0.1, 0.15) is 116 Å². The van der Waals surface area contributed by atoms with E-state index in [2.05, 4.69) is 67.4 Å². The highest BCUT2D eigenvalue weighted by Gasteiger charge is 2.74. The Morgan fingerprint density at radius 1 is 0.979 bits per heavy atom. The monoisotopic (exact) mass is 652 g/mol. The molecule has 1 saturated carbocycles. The van der Waals surface area contributed by atoms with Gasteiger partial charge in [0, 0.05) is 26.1 Å². The summed E-state index contributed by atoms with van der Waals surface area (Å²) in [5.41, 5.74) is 2.51. The predicted molar refractivity (Wildman–Crippen MR) is 187 cm³/mol. The van der Waals surface area contributed by atoms with Crippen LogP contribution >= 0.6 is 0 Å². The van der Waals surface area contributed by atoms with Crippen molar-refractivity contribution in [1.29, 1.82) is 0 Å². The van der Waals surface area contributed by atoms with Crippen molar-refractivity contribution in [2.24, 2.45) is 0 Å². The highest BCUT2D eigenvalue weighted by molar-refractivity contribution is 5.79. The molecular weight excluding hydrogens is 592 g/mol. The minimum absolute atomic E-state index is 0.194. The molecule has 3 unspecified atom stereocenters. The van der Waals surface area contributed by atoms with Gasteiger partial charge in [0.1, 0.15) is 17.1 Å². The average molecular weight is 653 g/mol. The molecule has 2 aliphatic rings. The number of benzene rings is 2. The zero-order valence-corrected chi connectivity index (χ0v) is 31.3. The van der Waals surface area contributed by atoms with E-state index in [1.807, 2.05) is 48.5 Å². The number of fused-ring (bicyclic) bond motifs is 1. The fourth-order valence-electron chi connectivity index (χ4n) is 6.47. The first-order chi connectivity index (χ1) is 21.9. The third-order valence-corrected chi connectivity index (χ3v) is 9.45. The van der Waals surface area contributed by atoms with Gasteiger partial charge in [-0.1, -0.05) is 62.7 Å². The van der Waals surface area contributed by atoms with Crippen LogP contribution in [0.3, 0.4) is 0 Å². The minimum Gasteiger partial charge on any atom is -0.476 e. The van der Waals surface area contributed by atoms with E-state index in [0.717, 1.165) is 35.1 Å². The Morgan fingerprint density at radius 3 is 2.13 bits per heavy atom. The quantitative estimate of drug-likeness (QED) is 0.208. The van der Waals surface area contributed by atoms with E-state index in [-0.39, 0.29) is 17.1 Å². The third kappa shape index (κ3) is 8.95. The smallest absolute Gasteiger partial charge is 0.349 e. The van der Waals surface area contributed by atoms with E-state index in [0.29, 0.717) is 38.4 Å².